The highest BCUT2D eigenvalue weighted by molar-refractivity contribution is 6.31. The molecule has 0 aliphatic carbocycles. The van der Waals surface area contributed by atoms with Crippen LogP contribution in [-0.2, 0) is 24.1 Å². The average Bonchev–Trinajstić information content (AvgIpc) is 2.54. The Bertz CT molecular complexity index is 607. The van der Waals surface area contributed by atoms with E-state index in [1.165, 1.54) is 5.56 Å². The van der Waals surface area contributed by atoms with Gasteiger partial charge in [0.05, 0.1) is 6.42 Å². The van der Waals surface area contributed by atoms with Gasteiger partial charge in [0.1, 0.15) is 0 Å². The van der Waals surface area contributed by atoms with Crippen molar-refractivity contribution in [3.63, 3.8) is 0 Å². The fraction of sp³-hybridized carbons (Fsp3) is 0.316. The maximum Gasteiger partial charge on any atom is 0.224 e. The van der Waals surface area contributed by atoms with Crippen LogP contribution in [0, 0.1) is 0 Å². The summed E-state index contributed by atoms with van der Waals surface area (Å²) in [5.41, 5.74) is 3.48. The Morgan fingerprint density at radius 2 is 1.73 bits per heavy atom. The van der Waals surface area contributed by atoms with E-state index in [0.717, 1.165) is 35.4 Å². The van der Waals surface area contributed by atoms with Gasteiger partial charge in [-0.1, -0.05) is 61.0 Å². The third-order valence-electron chi connectivity index (χ3n) is 3.70. The minimum absolute atomic E-state index is 0.0726. The topological polar surface area (TPSA) is 29.1 Å². The highest BCUT2D eigenvalue weighted by Crippen LogP contribution is 2.16. The molecule has 0 bridgehead atoms. The number of carbonyl (C=O) groups is 1. The molecule has 0 saturated carbocycles. The lowest BCUT2D eigenvalue weighted by atomic mass is 10.1. The molecule has 2 aromatic rings. The lowest BCUT2D eigenvalue weighted by Gasteiger charge is -2.07. The van der Waals surface area contributed by atoms with Crippen molar-refractivity contribution in [2.24, 2.45) is 0 Å². The number of nitrogens with one attached hydrogen (secondary N) is 1. The second-order valence-electron chi connectivity index (χ2n) is 5.39. The summed E-state index contributed by atoms with van der Waals surface area (Å²) in [6.45, 7) is 2.80. The molecule has 0 fully saturated rings. The number of halogens is 1. The molecule has 0 aliphatic heterocycles. The summed E-state index contributed by atoms with van der Waals surface area (Å²) in [6, 6.07) is 16.1. The largest absolute Gasteiger partial charge is 0.356 e. The predicted octanol–water partition coefficient (Wildman–Crippen LogP) is 4.19. The summed E-state index contributed by atoms with van der Waals surface area (Å²) in [6.07, 6.45) is 3.24. The van der Waals surface area contributed by atoms with Crippen LogP contribution in [0.2, 0.25) is 5.02 Å². The Labute approximate surface area is 137 Å². The summed E-state index contributed by atoms with van der Waals surface area (Å²) >= 11 is 6.11. The smallest absolute Gasteiger partial charge is 0.224 e. The van der Waals surface area contributed by atoms with Crippen molar-refractivity contribution in [2.75, 3.05) is 6.54 Å². The lowest BCUT2D eigenvalue weighted by molar-refractivity contribution is -0.120. The Morgan fingerprint density at radius 3 is 2.41 bits per heavy atom. The third kappa shape index (κ3) is 5.19. The molecule has 2 rings (SSSR count). The van der Waals surface area contributed by atoms with E-state index in [2.05, 4.69) is 24.4 Å². The molecule has 22 heavy (non-hydrogen) atoms. The second kappa shape index (κ2) is 8.60. The number of carbonyl (C=O) groups excluding carboxylic acids is 1. The fourth-order valence-electron chi connectivity index (χ4n) is 2.35. The molecule has 2 aromatic carbocycles. The molecule has 3 heteroatoms. The standard InChI is InChI=1S/C19H22ClNO/c1-2-15-9-11-16(12-10-15)14-19(22)21-13-5-7-17-6-3-4-8-18(17)20/h3-4,6,8-12H,2,5,7,13-14H2,1H3,(H,21,22). The minimum atomic E-state index is 0.0726. The number of hydrogen-bond acceptors (Lipinski definition) is 1. The molecular weight excluding hydrogens is 294 g/mol. The molecule has 0 heterocycles. The van der Waals surface area contributed by atoms with Gasteiger partial charge in [-0.05, 0) is 42.0 Å². The van der Waals surface area contributed by atoms with Gasteiger partial charge in [0, 0.05) is 11.6 Å². The van der Waals surface area contributed by atoms with Crippen LogP contribution in [0.15, 0.2) is 48.5 Å². The summed E-state index contributed by atoms with van der Waals surface area (Å²) in [7, 11) is 0. The van der Waals surface area contributed by atoms with Crippen molar-refractivity contribution >= 4 is 17.5 Å². The Balaban J connectivity index is 1.70. The number of hydrogen-bond donors (Lipinski definition) is 1. The van der Waals surface area contributed by atoms with E-state index in [1.54, 1.807) is 0 Å². The van der Waals surface area contributed by atoms with Gasteiger partial charge < -0.3 is 5.32 Å². The van der Waals surface area contributed by atoms with Crippen molar-refractivity contribution < 1.29 is 4.79 Å². The Hall–Kier alpha value is -1.80. The van der Waals surface area contributed by atoms with Crippen molar-refractivity contribution in [3.05, 3.63) is 70.2 Å². The first-order chi connectivity index (χ1) is 10.7. The molecule has 0 aromatic heterocycles. The van der Waals surface area contributed by atoms with Gasteiger partial charge in [-0.2, -0.15) is 0 Å². The van der Waals surface area contributed by atoms with Gasteiger partial charge in [-0.15, -0.1) is 0 Å². The molecule has 1 amide bonds. The summed E-state index contributed by atoms with van der Waals surface area (Å²) in [5, 5.41) is 3.76. The first kappa shape index (κ1) is 16.6. The lowest BCUT2D eigenvalue weighted by Crippen LogP contribution is -2.26. The molecule has 116 valence electrons. The summed E-state index contributed by atoms with van der Waals surface area (Å²) in [4.78, 5) is 11.9. The van der Waals surface area contributed by atoms with Crippen LogP contribution in [0.1, 0.15) is 30.0 Å². The molecular formula is C19H22ClNO. The molecule has 0 aliphatic rings. The van der Waals surface area contributed by atoms with E-state index >= 15 is 0 Å². The van der Waals surface area contributed by atoms with Crippen LogP contribution in [0.5, 0.6) is 0 Å². The molecule has 0 saturated heterocycles. The van der Waals surface area contributed by atoms with Crippen LogP contribution < -0.4 is 5.32 Å². The fourth-order valence-corrected chi connectivity index (χ4v) is 2.58. The van der Waals surface area contributed by atoms with Crippen molar-refractivity contribution in [1.82, 2.24) is 5.32 Å². The van der Waals surface area contributed by atoms with Crippen molar-refractivity contribution in [3.8, 4) is 0 Å². The number of benzene rings is 2. The third-order valence-corrected chi connectivity index (χ3v) is 4.07. The van der Waals surface area contributed by atoms with E-state index < -0.39 is 0 Å². The summed E-state index contributed by atoms with van der Waals surface area (Å²) < 4.78 is 0. The monoisotopic (exact) mass is 315 g/mol. The Kier molecular flexibility index (Phi) is 6.47. The van der Waals surface area contributed by atoms with E-state index in [0.29, 0.717) is 13.0 Å². The molecule has 0 spiro atoms. The zero-order chi connectivity index (χ0) is 15.8. The second-order valence-corrected chi connectivity index (χ2v) is 5.80. The van der Waals surface area contributed by atoms with Gasteiger partial charge in [0.25, 0.3) is 0 Å². The Morgan fingerprint density at radius 1 is 1.05 bits per heavy atom. The quantitative estimate of drug-likeness (QED) is 0.762. The highest BCUT2D eigenvalue weighted by atomic mass is 35.5. The number of amides is 1. The molecule has 0 unspecified atom stereocenters. The van der Waals surface area contributed by atoms with Gasteiger partial charge in [-0.25, -0.2) is 0 Å². The normalized spacial score (nSPS) is 10.5. The molecule has 0 atom stereocenters. The van der Waals surface area contributed by atoms with E-state index in [-0.39, 0.29) is 5.91 Å². The van der Waals surface area contributed by atoms with Crippen LogP contribution in [-0.4, -0.2) is 12.5 Å². The van der Waals surface area contributed by atoms with Crippen LogP contribution in [0.3, 0.4) is 0 Å². The zero-order valence-electron chi connectivity index (χ0n) is 12.9. The molecule has 1 N–H and O–H groups in total. The summed E-state index contributed by atoms with van der Waals surface area (Å²) in [5.74, 6) is 0.0726. The maximum atomic E-state index is 11.9. The molecule has 2 nitrogen and oxygen atoms in total. The van der Waals surface area contributed by atoms with E-state index in [4.69, 9.17) is 11.6 Å². The van der Waals surface area contributed by atoms with Gasteiger partial charge >= 0.3 is 0 Å². The maximum absolute atomic E-state index is 11.9. The van der Waals surface area contributed by atoms with Crippen LogP contribution in [0.4, 0.5) is 0 Å². The number of rotatable bonds is 7. The van der Waals surface area contributed by atoms with Crippen LogP contribution >= 0.6 is 11.6 Å². The first-order valence-corrected chi connectivity index (χ1v) is 8.14. The van der Waals surface area contributed by atoms with E-state index in [9.17, 15) is 4.79 Å². The van der Waals surface area contributed by atoms with Crippen LogP contribution in [0.25, 0.3) is 0 Å². The highest BCUT2D eigenvalue weighted by Gasteiger charge is 2.04. The number of aryl methyl sites for hydroxylation is 2. The average molecular weight is 316 g/mol. The molecule has 0 radical (unpaired) electrons. The van der Waals surface area contributed by atoms with Gasteiger partial charge in [0.2, 0.25) is 5.91 Å². The SMILES string of the molecule is CCc1ccc(CC(=O)NCCCc2ccccc2Cl)cc1. The predicted molar refractivity (Wildman–Crippen MR) is 92.3 cm³/mol. The first-order valence-electron chi connectivity index (χ1n) is 7.77. The van der Waals surface area contributed by atoms with Crippen molar-refractivity contribution in [2.45, 2.75) is 32.6 Å². The minimum Gasteiger partial charge on any atom is -0.356 e. The zero-order valence-corrected chi connectivity index (χ0v) is 13.7. The van der Waals surface area contributed by atoms with E-state index in [1.807, 2.05) is 36.4 Å². The van der Waals surface area contributed by atoms with Gasteiger partial charge in [0.15, 0.2) is 0 Å². The van der Waals surface area contributed by atoms with Gasteiger partial charge in [-0.3, -0.25) is 4.79 Å². The van der Waals surface area contributed by atoms with Crippen molar-refractivity contribution in [1.29, 1.82) is 0 Å².